The zero-order valence-corrected chi connectivity index (χ0v) is 10.3. The van der Waals surface area contributed by atoms with Gasteiger partial charge >= 0.3 is 5.97 Å². The van der Waals surface area contributed by atoms with Gasteiger partial charge in [0.15, 0.2) is 0 Å². The van der Waals surface area contributed by atoms with Gasteiger partial charge in [0, 0.05) is 19.6 Å². The van der Waals surface area contributed by atoms with E-state index in [-0.39, 0.29) is 12.2 Å². The molecule has 5 heteroatoms. The number of rotatable bonds is 5. The number of aliphatic hydroxyl groups excluding tert-OH is 1. The van der Waals surface area contributed by atoms with E-state index in [1.54, 1.807) is 12.1 Å². The van der Waals surface area contributed by atoms with Crippen molar-refractivity contribution in [2.24, 2.45) is 0 Å². The summed E-state index contributed by atoms with van der Waals surface area (Å²) in [6.45, 7) is 2.75. The smallest absolute Gasteiger partial charge is 0.337 e. The van der Waals surface area contributed by atoms with Crippen LogP contribution < -0.4 is 0 Å². The van der Waals surface area contributed by atoms with Crippen molar-refractivity contribution in [1.82, 2.24) is 9.55 Å². The molecule has 0 radical (unpaired) electrons. The van der Waals surface area contributed by atoms with E-state index in [1.807, 2.05) is 17.6 Å². The van der Waals surface area contributed by atoms with Crippen LogP contribution in [0, 0.1) is 0 Å². The molecule has 1 heterocycles. The fourth-order valence-electron chi connectivity index (χ4n) is 2.12. The van der Waals surface area contributed by atoms with Gasteiger partial charge in [0.1, 0.15) is 11.3 Å². The molecule has 1 aromatic heterocycles. The SMILES string of the molecule is CCc1nc2c(C(=O)O)cccc2n1CCCO. The number of nitrogens with zero attached hydrogens (tertiary/aromatic N) is 2. The van der Waals surface area contributed by atoms with Crippen molar-refractivity contribution in [3.05, 3.63) is 29.6 Å². The highest BCUT2D eigenvalue weighted by atomic mass is 16.4. The minimum atomic E-state index is -0.963. The molecule has 0 spiro atoms. The monoisotopic (exact) mass is 248 g/mol. The van der Waals surface area contributed by atoms with E-state index in [0.717, 1.165) is 17.8 Å². The van der Waals surface area contributed by atoms with Crippen LogP contribution in [0.5, 0.6) is 0 Å². The second-order valence-corrected chi connectivity index (χ2v) is 4.09. The number of aryl methyl sites for hydroxylation is 2. The van der Waals surface area contributed by atoms with Crippen LogP contribution in [0.15, 0.2) is 18.2 Å². The quantitative estimate of drug-likeness (QED) is 0.844. The molecule has 0 saturated heterocycles. The van der Waals surface area contributed by atoms with E-state index in [4.69, 9.17) is 10.2 Å². The number of aromatic nitrogens is 2. The standard InChI is InChI=1S/C13H16N2O3/c1-2-11-14-12-9(13(17)18)5-3-6-10(12)15(11)7-4-8-16/h3,5-6,16H,2,4,7-8H2,1H3,(H,17,18). The Morgan fingerprint density at radius 1 is 1.44 bits per heavy atom. The van der Waals surface area contributed by atoms with E-state index in [1.165, 1.54) is 0 Å². The first-order valence-corrected chi connectivity index (χ1v) is 6.01. The van der Waals surface area contributed by atoms with Gasteiger partial charge in [-0.25, -0.2) is 9.78 Å². The van der Waals surface area contributed by atoms with Crippen molar-refractivity contribution < 1.29 is 15.0 Å². The first-order chi connectivity index (χ1) is 8.69. The normalized spacial score (nSPS) is 11.0. The summed E-state index contributed by atoms with van der Waals surface area (Å²) in [5.41, 5.74) is 1.57. The van der Waals surface area contributed by atoms with Gasteiger partial charge in [-0.1, -0.05) is 13.0 Å². The molecule has 0 atom stereocenters. The van der Waals surface area contributed by atoms with Crippen molar-refractivity contribution in [2.45, 2.75) is 26.3 Å². The summed E-state index contributed by atoms with van der Waals surface area (Å²) in [5.74, 6) is -0.109. The lowest BCUT2D eigenvalue weighted by molar-refractivity contribution is 0.0699. The molecule has 0 aliphatic rings. The molecular formula is C13H16N2O3. The summed E-state index contributed by atoms with van der Waals surface area (Å²) in [4.78, 5) is 15.6. The van der Waals surface area contributed by atoms with E-state index in [0.29, 0.717) is 18.5 Å². The Morgan fingerprint density at radius 2 is 2.22 bits per heavy atom. The summed E-state index contributed by atoms with van der Waals surface area (Å²) in [7, 11) is 0. The van der Waals surface area contributed by atoms with Crippen molar-refractivity contribution in [2.75, 3.05) is 6.61 Å². The third-order valence-electron chi connectivity index (χ3n) is 2.94. The maximum absolute atomic E-state index is 11.1. The Kier molecular flexibility index (Phi) is 3.62. The maximum atomic E-state index is 11.1. The molecular weight excluding hydrogens is 232 g/mol. The summed E-state index contributed by atoms with van der Waals surface area (Å²) in [6, 6.07) is 5.15. The number of carboxylic acid groups (broad SMARTS) is 1. The number of benzene rings is 1. The second kappa shape index (κ2) is 5.18. The number of para-hydroxylation sites is 1. The lowest BCUT2D eigenvalue weighted by Crippen LogP contribution is -2.04. The van der Waals surface area contributed by atoms with E-state index in [2.05, 4.69) is 4.98 Å². The third kappa shape index (κ3) is 2.09. The molecule has 0 aliphatic heterocycles. The minimum absolute atomic E-state index is 0.113. The topological polar surface area (TPSA) is 75.3 Å². The highest BCUT2D eigenvalue weighted by Crippen LogP contribution is 2.21. The number of fused-ring (bicyclic) bond motifs is 1. The first-order valence-electron chi connectivity index (χ1n) is 6.01. The Labute approximate surface area is 105 Å². The Balaban J connectivity index is 2.61. The molecule has 2 aromatic rings. The van der Waals surface area contributed by atoms with Crippen LogP contribution in [-0.4, -0.2) is 32.3 Å². The molecule has 0 amide bonds. The predicted octanol–water partition coefficient (Wildman–Crippen LogP) is 1.68. The molecule has 0 fully saturated rings. The average molecular weight is 248 g/mol. The van der Waals surface area contributed by atoms with Gasteiger partial charge in [-0.3, -0.25) is 0 Å². The second-order valence-electron chi connectivity index (χ2n) is 4.09. The van der Waals surface area contributed by atoms with Gasteiger partial charge in [-0.2, -0.15) is 0 Å². The van der Waals surface area contributed by atoms with Crippen molar-refractivity contribution in [1.29, 1.82) is 0 Å². The summed E-state index contributed by atoms with van der Waals surface area (Å²) >= 11 is 0. The summed E-state index contributed by atoms with van der Waals surface area (Å²) in [6.07, 6.45) is 1.37. The van der Waals surface area contributed by atoms with Gasteiger partial charge in [0.05, 0.1) is 11.1 Å². The maximum Gasteiger partial charge on any atom is 0.337 e. The van der Waals surface area contributed by atoms with Gasteiger partial charge in [0.25, 0.3) is 0 Å². The minimum Gasteiger partial charge on any atom is -0.478 e. The Bertz CT molecular complexity index is 575. The Morgan fingerprint density at radius 3 is 2.83 bits per heavy atom. The molecule has 2 rings (SSSR count). The fourth-order valence-corrected chi connectivity index (χ4v) is 2.12. The zero-order chi connectivity index (χ0) is 13.1. The highest BCUT2D eigenvalue weighted by Gasteiger charge is 2.15. The van der Waals surface area contributed by atoms with Gasteiger partial charge in [0.2, 0.25) is 0 Å². The molecule has 18 heavy (non-hydrogen) atoms. The largest absolute Gasteiger partial charge is 0.478 e. The van der Waals surface area contributed by atoms with Crippen molar-refractivity contribution >= 4 is 17.0 Å². The lowest BCUT2D eigenvalue weighted by Gasteiger charge is -2.06. The number of imidazole rings is 1. The lowest BCUT2D eigenvalue weighted by atomic mass is 10.2. The third-order valence-corrected chi connectivity index (χ3v) is 2.94. The van der Waals surface area contributed by atoms with E-state index >= 15 is 0 Å². The van der Waals surface area contributed by atoms with Crippen LogP contribution in [0.4, 0.5) is 0 Å². The van der Waals surface area contributed by atoms with Crippen LogP contribution in [-0.2, 0) is 13.0 Å². The van der Waals surface area contributed by atoms with Crippen LogP contribution >= 0.6 is 0 Å². The molecule has 0 saturated carbocycles. The molecule has 0 aliphatic carbocycles. The number of carbonyl (C=O) groups is 1. The summed E-state index contributed by atoms with van der Waals surface area (Å²) < 4.78 is 1.98. The average Bonchev–Trinajstić information content (AvgIpc) is 2.73. The number of carboxylic acids is 1. The number of aliphatic hydroxyl groups is 1. The van der Waals surface area contributed by atoms with Crippen LogP contribution in [0.3, 0.4) is 0 Å². The predicted molar refractivity (Wildman–Crippen MR) is 67.8 cm³/mol. The van der Waals surface area contributed by atoms with Crippen LogP contribution in [0.2, 0.25) is 0 Å². The number of aromatic carboxylic acids is 1. The van der Waals surface area contributed by atoms with E-state index < -0.39 is 5.97 Å². The molecule has 0 bridgehead atoms. The molecule has 5 nitrogen and oxygen atoms in total. The van der Waals surface area contributed by atoms with Gasteiger partial charge in [-0.05, 0) is 18.6 Å². The Hall–Kier alpha value is -1.88. The van der Waals surface area contributed by atoms with Crippen molar-refractivity contribution in [3.63, 3.8) is 0 Å². The first kappa shape index (κ1) is 12.6. The number of hydrogen-bond acceptors (Lipinski definition) is 3. The highest BCUT2D eigenvalue weighted by molar-refractivity contribution is 6.01. The fraction of sp³-hybridized carbons (Fsp3) is 0.385. The molecule has 96 valence electrons. The molecule has 2 N–H and O–H groups in total. The van der Waals surface area contributed by atoms with Gasteiger partial charge < -0.3 is 14.8 Å². The number of hydrogen-bond donors (Lipinski definition) is 2. The molecule has 0 unspecified atom stereocenters. The van der Waals surface area contributed by atoms with E-state index in [9.17, 15) is 4.79 Å². The zero-order valence-electron chi connectivity index (χ0n) is 10.3. The summed E-state index contributed by atoms with van der Waals surface area (Å²) in [5, 5.41) is 18.1. The van der Waals surface area contributed by atoms with Crippen molar-refractivity contribution in [3.8, 4) is 0 Å². The van der Waals surface area contributed by atoms with Gasteiger partial charge in [-0.15, -0.1) is 0 Å². The van der Waals surface area contributed by atoms with Crippen LogP contribution in [0.25, 0.3) is 11.0 Å². The van der Waals surface area contributed by atoms with Crippen LogP contribution in [0.1, 0.15) is 29.5 Å². The molecule has 1 aromatic carbocycles.